The van der Waals surface area contributed by atoms with E-state index in [1.807, 2.05) is 62.4 Å². The van der Waals surface area contributed by atoms with Crippen molar-refractivity contribution in [1.82, 2.24) is 4.98 Å². The van der Waals surface area contributed by atoms with Crippen molar-refractivity contribution in [3.05, 3.63) is 101 Å². The summed E-state index contributed by atoms with van der Waals surface area (Å²) in [6.45, 7) is 4.00. The third-order valence-corrected chi connectivity index (χ3v) is 5.68. The molecule has 7 heteroatoms. The van der Waals surface area contributed by atoms with E-state index in [4.69, 9.17) is 16.0 Å². The van der Waals surface area contributed by atoms with Crippen molar-refractivity contribution in [3.63, 3.8) is 0 Å². The standard InChI is InChI=1S/C28H21ClN4O2/c1-17-6-11-27-25(12-17)31-28(35-27)19-8-7-18(2)24(14-19)30-16-20-13-23(9-10-26(20)34)33-32-22-5-3-4-21(29)15-22/h3-16,34H,1-2H3. The Hall–Kier alpha value is -4.29. The predicted octanol–water partition coefficient (Wildman–Crippen LogP) is 8.64. The maximum atomic E-state index is 10.3. The first-order valence-corrected chi connectivity index (χ1v) is 11.3. The van der Waals surface area contributed by atoms with E-state index in [1.54, 1.807) is 36.5 Å². The smallest absolute Gasteiger partial charge is 0.227 e. The number of hydrogen-bond donors (Lipinski definition) is 1. The van der Waals surface area contributed by atoms with Crippen molar-refractivity contribution in [3.8, 4) is 17.2 Å². The quantitative estimate of drug-likeness (QED) is 0.202. The number of azo groups is 1. The number of aryl methyl sites for hydroxylation is 2. The second kappa shape index (κ2) is 9.52. The number of fused-ring (bicyclic) bond motifs is 1. The molecule has 1 N–H and O–H groups in total. The SMILES string of the molecule is Cc1ccc2oc(-c3ccc(C)c(N=Cc4cc(N=Nc5cccc(Cl)c5)ccc4O)c3)nc2c1. The number of halogens is 1. The second-order valence-electron chi connectivity index (χ2n) is 8.17. The molecule has 6 nitrogen and oxygen atoms in total. The van der Waals surface area contributed by atoms with Crippen LogP contribution < -0.4 is 0 Å². The van der Waals surface area contributed by atoms with Gasteiger partial charge in [-0.15, -0.1) is 0 Å². The number of aromatic nitrogens is 1. The van der Waals surface area contributed by atoms with E-state index in [2.05, 4.69) is 20.2 Å². The summed E-state index contributed by atoms with van der Waals surface area (Å²) in [6.07, 6.45) is 1.61. The number of benzene rings is 4. The molecule has 0 amide bonds. The van der Waals surface area contributed by atoms with E-state index in [9.17, 15) is 5.11 Å². The highest BCUT2D eigenvalue weighted by Gasteiger charge is 2.10. The minimum absolute atomic E-state index is 0.0959. The second-order valence-corrected chi connectivity index (χ2v) is 8.61. The van der Waals surface area contributed by atoms with Gasteiger partial charge in [0.15, 0.2) is 5.58 Å². The predicted molar refractivity (Wildman–Crippen MR) is 140 cm³/mol. The molecule has 0 saturated heterocycles. The summed E-state index contributed by atoms with van der Waals surface area (Å²) < 4.78 is 5.94. The monoisotopic (exact) mass is 480 g/mol. The zero-order valence-corrected chi connectivity index (χ0v) is 19.9. The topological polar surface area (TPSA) is 83.3 Å². The summed E-state index contributed by atoms with van der Waals surface area (Å²) in [6, 6.07) is 23.9. The molecule has 0 aliphatic carbocycles. The summed E-state index contributed by atoms with van der Waals surface area (Å²) in [5.74, 6) is 0.631. The van der Waals surface area contributed by atoms with Crippen LogP contribution in [0.2, 0.25) is 5.02 Å². The maximum Gasteiger partial charge on any atom is 0.227 e. The van der Waals surface area contributed by atoms with Gasteiger partial charge < -0.3 is 9.52 Å². The highest BCUT2D eigenvalue weighted by molar-refractivity contribution is 6.30. The molecule has 0 aliphatic rings. The van der Waals surface area contributed by atoms with E-state index in [1.165, 1.54) is 0 Å². The maximum absolute atomic E-state index is 10.3. The van der Waals surface area contributed by atoms with Crippen LogP contribution in [0.15, 0.2) is 98.5 Å². The molecule has 0 spiro atoms. The van der Waals surface area contributed by atoms with Crippen LogP contribution in [0.5, 0.6) is 5.75 Å². The third-order valence-electron chi connectivity index (χ3n) is 5.44. The molecular weight excluding hydrogens is 460 g/mol. The Labute approximate surface area is 207 Å². The largest absolute Gasteiger partial charge is 0.507 e. The van der Waals surface area contributed by atoms with E-state index in [-0.39, 0.29) is 5.75 Å². The molecule has 0 unspecified atom stereocenters. The minimum atomic E-state index is 0.0959. The molecule has 0 bridgehead atoms. The van der Waals surface area contributed by atoms with E-state index in [0.717, 1.165) is 33.5 Å². The molecule has 5 rings (SSSR count). The van der Waals surface area contributed by atoms with Crippen LogP contribution in [0.1, 0.15) is 16.7 Å². The molecule has 0 radical (unpaired) electrons. The number of phenolic OH excluding ortho intramolecular Hbond substituents is 1. The first kappa shape index (κ1) is 22.5. The van der Waals surface area contributed by atoms with Crippen molar-refractivity contribution in [2.24, 2.45) is 15.2 Å². The zero-order valence-electron chi connectivity index (χ0n) is 19.1. The van der Waals surface area contributed by atoms with Crippen molar-refractivity contribution < 1.29 is 9.52 Å². The summed E-state index contributed by atoms with van der Waals surface area (Å²) >= 11 is 6.00. The number of oxazole rings is 1. The van der Waals surface area contributed by atoms with Gasteiger partial charge in [0, 0.05) is 22.4 Å². The highest BCUT2D eigenvalue weighted by Crippen LogP contribution is 2.31. The fraction of sp³-hybridized carbons (Fsp3) is 0.0714. The van der Waals surface area contributed by atoms with Crippen LogP contribution in [0, 0.1) is 13.8 Å². The van der Waals surface area contributed by atoms with Crippen molar-refractivity contribution in [1.29, 1.82) is 0 Å². The number of rotatable bonds is 5. The van der Waals surface area contributed by atoms with Crippen LogP contribution in [0.4, 0.5) is 17.1 Å². The van der Waals surface area contributed by atoms with Crippen molar-refractivity contribution in [2.45, 2.75) is 13.8 Å². The number of nitrogens with zero attached hydrogens (tertiary/aromatic N) is 4. The Morgan fingerprint density at radius 2 is 1.71 bits per heavy atom. The molecule has 4 aromatic carbocycles. The minimum Gasteiger partial charge on any atom is -0.507 e. The van der Waals surface area contributed by atoms with Gasteiger partial charge >= 0.3 is 0 Å². The molecule has 35 heavy (non-hydrogen) atoms. The molecule has 0 saturated carbocycles. The van der Waals surface area contributed by atoms with Crippen LogP contribution in [-0.2, 0) is 0 Å². The van der Waals surface area contributed by atoms with Gasteiger partial charge in [0.2, 0.25) is 5.89 Å². The molecule has 5 aromatic rings. The Morgan fingerprint density at radius 3 is 2.54 bits per heavy atom. The average Bonchev–Trinajstić information content (AvgIpc) is 3.27. The van der Waals surface area contributed by atoms with Gasteiger partial charge in [-0.2, -0.15) is 10.2 Å². The summed E-state index contributed by atoms with van der Waals surface area (Å²) in [5, 5.41) is 19.4. The van der Waals surface area contributed by atoms with Gasteiger partial charge in [0.05, 0.1) is 17.1 Å². The lowest BCUT2D eigenvalue weighted by Crippen LogP contribution is -1.84. The van der Waals surface area contributed by atoms with Crippen LogP contribution in [-0.4, -0.2) is 16.3 Å². The number of phenols is 1. The number of aliphatic imine (C=N–C) groups is 1. The lowest BCUT2D eigenvalue weighted by Gasteiger charge is -2.04. The van der Waals surface area contributed by atoms with Crippen LogP contribution in [0.25, 0.3) is 22.6 Å². The Morgan fingerprint density at radius 1 is 0.886 bits per heavy atom. The number of hydrogen-bond acceptors (Lipinski definition) is 6. The van der Waals surface area contributed by atoms with Crippen molar-refractivity contribution >= 4 is 46.0 Å². The molecular formula is C28H21ClN4O2. The highest BCUT2D eigenvalue weighted by atomic mass is 35.5. The lowest BCUT2D eigenvalue weighted by molar-refractivity contribution is 0.474. The van der Waals surface area contributed by atoms with E-state index < -0.39 is 0 Å². The molecule has 1 aromatic heterocycles. The van der Waals surface area contributed by atoms with Gasteiger partial charge in [-0.05, 0) is 85.6 Å². The Kier molecular flexibility index (Phi) is 6.12. The number of aromatic hydroxyl groups is 1. The fourth-order valence-corrected chi connectivity index (χ4v) is 3.73. The van der Waals surface area contributed by atoms with Crippen LogP contribution >= 0.6 is 11.6 Å². The van der Waals surface area contributed by atoms with Gasteiger partial charge in [0.25, 0.3) is 0 Å². The molecule has 0 aliphatic heterocycles. The lowest BCUT2D eigenvalue weighted by atomic mass is 10.1. The summed E-state index contributed by atoms with van der Waals surface area (Å²) in [4.78, 5) is 9.24. The fourth-order valence-electron chi connectivity index (χ4n) is 3.54. The first-order chi connectivity index (χ1) is 16.9. The normalized spacial score (nSPS) is 11.7. The Bertz CT molecular complexity index is 1600. The first-order valence-electron chi connectivity index (χ1n) is 11.0. The average molecular weight is 481 g/mol. The molecule has 0 atom stereocenters. The molecule has 172 valence electrons. The summed E-state index contributed by atoms with van der Waals surface area (Å²) in [5.41, 5.74) is 6.98. The van der Waals surface area contributed by atoms with Gasteiger partial charge in [0.1, 0.15) is 11.3 Å². The molecule has 1 heterocycles. The van der Waals surface area contributed by atoms with E-state index >= 15 is 0 Å². The third kappa shape index (κ3) is 5.13. The van der Waals surface area contributed by atoms with Gasteiger partial charge in [-0.3, -0.25) is 4.99 Å². The van der Waals surface area contributed by atoms with Gasteiger partial charge in [-0.1, -0.05) is 29.8 Å². The zero-order chi connectivity index (χ0) is 24.4. The summed E-state index contributed by atoms with van der Waals surface area (Å²) in [7, 11) is 0. The van der Waals surface area contributed by atoms with Gasteiger partial charge in [-0.25, -0.2) is 4.98 Å². The Balaban J connectivity index is 1.42. The van der Waals surface area contributed by atoms with E-state index in [0.29, 0.717) is 27.9 Å². The van der Waals surface area contributed by atoms with Crippen molar-refractivity contribution in [2.75, 3.05) is 0 Å². The molecule has 0 fully saturated rings. The van der Waals surface area contributed by atoms with Crippen LogP contribution in [0.3, 0.4) is 0 Å².